The van der Waals surface area contributed by atoms with Gasteiger partial charge in [0.05, 0.1) is 6.26 Å². The number of furan rings is 1. The Morgan fingerprint density at radius 2 is 1.81 bits per heavy atom. The van der Waals surface area contributed by atoms with E-state index in [1.165, 1.54) is 12.3 Å². The lowest BCUT2D eigenvalue weighted by Crippen LogP contribution is -2.28. The minimum Gasteiger partial charge on any atom is -0.465 e. The quantitative estimate of drug-likeness (QED) is 0.535. The molecule has 0 fully saturated rings. The van der Waals surface area contributed by atoms with E-state index in [2.05, 4.69) is 21.3 Å². The highest BCUT2D eigenvalue weighted by atomic mass is 16.3. The Morgan fingerprint density at radius 1 is 1.04 bits per heavy atom. The van der Waals surface area contributed by atoms with Crippen LogP contribution in [0.3, 0.4) is 0 Å². The topological polar surface area (TPSA) is 112 Å². The van der Waals surface area contributed by atoms with Gasteiger partial charge in [0.15, 0.2) is 0 Å². The Kier molecular flexibility index (Phi) is 7.65. The van der Waals surface area contributed by atoms with E-state index >= 15 is 0 Å². The highest BCUT2D eigenvalue weighted by molar-refractivity contribution is 5.94. The minimum atomic E-state index is -0.314. The molecule has 0 aliphatic carbocycles. The first-order valence-electron chi connectivity index (χ1n) is 8.51. The summed E-state index contributed by atoms with van der Waals surface area (Å²) in [5.41, 5.74) is 1.12. The average molecular weight is 370 g/mol. The van der Waals surface area contributed by atoms with Crippen molar-refractivity contribution in [3.63, 3.8) is 0 Å². The number of hydrogen-bond acceptors (Lipinski definition) is 4. The Balaban J connectivity index is 1.73. The normalized spacial score (nSPS) is 10.4. The van der Waals surface area contributed by atoms with Crippen LogP contribution in [0.1, 0.15) is 19.1 Å². The van der Waals surface area contributed by atoms with Crippen LogP contribution in [0.4, 0.5) is 16.2 Å². The zero-order valence-electron chi connectivity index (χ0n) is 15.0. The largest absolute Gasteiger partial charge is 0.465 e. The van der Waals surface area contributed by atoms with Gasteiger partial charge in [-0.2, -0.15) is 0 Å². The van der Waals surface area contributed by atoms with Crippen LogP contribution in [0, 0.1) is 0 Å². The molecule has 0 bridgehead atoms. The van der Waals surface area contributed by atoms with Crippen LogP contribution < -0.4 is 21.3 Å². The molecule has 2 rings (SSSR count). The van der Waals surface area contributed by atoms with E-state index in [0.717, 1.165) is 0 Å². The summed E-state index contributed by atoms with van der Waals surface area (Å²) < 4.78 is 5.08. The molecule has 142 valence electrons. The maximum Gasteiger partial charge on any atom is 0.319 e. The zero-order valence-corrected chi connectivity index (χ0v) is 15.0. The van der Waals surface area contributed by atoms with Gasteiger partial charge in [-0.15, -0.1) is 0 Å². The van der Waals surface area contributed by atoms with Gasteiger partial charge in [0.25, 0.3) is 0 Å². The number of nitrogens with one attached hydrogen (secondary N) is 4. The van der Waals surface area contributed by atoms with Gasteiger partial charge in [-0.1, -0.05) is 6.07 Å². The van der Waals surface area contributed by atoms with Gasteiger partial charge in [0.2, 0.25) is 11.8 Å². The number of anilines is 2. The molecule has 1 aromatic heterocycles. The molecule has 0 spiro atoms. The summed E-state index contributed by atoms with van der Waals surface area (Å²) in [6.07, 6.45) is 4.52. The second-order valence-electron chi connectivity index (χ2n) is 5.50. The molecule has 2 aromatic rings. The predicted octanol–water partition coefficient (Wildman–Crippen LogP) is 2.58. The summed E-state index contributed by atoms with van der Waals surface area (Å²) in [4.78, 5) is 35.2. The third kappa shape index (κ3) is 7.47. The lowest BCUT2D eigenvalue weighted by molar-refractivity contribution is -0.117. The number of urea groups is 1. The Hall–Kier alpha value is -3.55. The number of carbonyl (C=O) groups excluding carboxylic acids is 3. The van der Waals surface area contributed by atoms with E-state index in [4.69, 9.17) is 4.42 Å². The van der Waals surface area contributed by atoms with Crippen LogP contribution in [0.25, 0.3) is 6.08 Å². The van der Waals surface area contributed by atoms with Gasteiger partial charge in [-0.3, -0.25) is 9.59 Å². The first kappa shape index (κ1) is 19.8. The second-order valence-corrected chi connectivity index (χ2v) is 5.50. The fourth-order valence-electron chi connectivity index (χ4n) is 2.14. The average Bonchev–Trinajstić information content (AvgIpc) is 3.14. The summed E-state index contributed by atoms with van der Waals surface area (Å²) in [6, 6.07) is 9.94. The molecule has 8 heteroatoms. The van der Waals surface area contributed by atoms with Gasteiger partial charge in [-0.25, -0.2) is 4.79 Å². The molecule has 0 atom stereocenters. The second kappa shape index (κ2) is 10.4. The van der Waals surface area contributed by atoms with Gasteiger partial charge in [0, 0.05) is 37.0 Å². The molecule has 0 aliphatic heterocycles. The van der Waals surface area contributed by atoms with Gasteiger partial charge >= 0.3 is 6.03 Å². The summed E-state index contributed by atoms with van der Waals surface area (Å²) in [5.74, 6) is 0.0109. The molecule has 0 aliphatic rings. The van der Waals surface area contributed by atoms with Crippen molar-refractivity contribution >= 4 is 35.3 Å². The maximum atomic E-state index is 12.0. The fraction of sp³-hybridized carbons (Fsp3) is 0.211. The molecule has 0 saturated heterocycles. The first-order valence-corrected chi connectivity index (χ1v) is 8.51. The zero-order chi connectivity index (χ0) is 19.5. The lowest BCUT2D eigenvalue weighted by atomic mass is 10.2. The number of benzene rings is 1. The fourth-order valence-corrected chi connectivity index (χ4v) is 2.14. The number of carbonyl (C=O) groups is 3. The van der Waals surface area contributed by atoms with E-state index in [0.29, 0.717) is 23.7 Å². The van der Waals surface area contributed by atoms with Crippen molar-refractivity contribution in [3.8, 4) is 0 Å². The molecule has 4 N–H and O–H groups in total. The summed E-state index contributed by atoms with van der Waals surface area (Å²) in [6.45, 7) is 2.54. The van der Waals surface area contributed by atoms with Crippen molar-refractivity contribution in [3.05, 3.63) is 54.5 Å². The molecule has 1 heterocycles. The third-order valence-electron chi connectivity index (χ3n) is 3.33. The standard InChI is InChI=1S/C19H22N4O4/c1-2-20-19(26)23-15-6-3-5-14(13-15)22-18(25)10-11-21-17(24)9-8-16-7-4-12-27-16/h3-9,12-13H,2,10-11H2,1H3,(H,21,24)(H,22,25)(H2,20,23,26)/b9-8+. The third-order valence-corrected chi connectivity index (χ3v) is 3.33. The summed E-state index contributed by atoms with van der Waals surface area (Å²) in [5, 5.41) is 10.6. The van der Waals surface area contributed by atoms with Crippen LogP contribution in [-0.2, 0) is 9.59 Å². The monoisotopic (exact) mass is 370 g/mol. The Bertz CT molecular complexity index is 800. The van der Waals surface area contributed by atoms with Crippen LogP contribution in [0.5, 0.6) is 0 Å². The van der Waals surface area contributed by atoms with Crippen LogP contribution >= 0.6 is 0 Å². The van der Waals surface area contributed by atoms with Crippen molar-refractivity contribution in [1.29, 1.82) is 0 Å². The SMILES string of the molecule is CCNC(=O)Nc1cccc(NC(=O)CCNC(=O)/C=C/c2ccco2)c1. The highest BCUT2D eigenvalue weighted by Gasteiger charge is 2.05. The highest BCUT2D eigenvalue weighted by Crippen LogP contribution is 2.15. The molecule has 0 saturated carbocycles. The van der Waals surface area contributed by atoms with Crippen LogP contribution in [-0.4, -0.2) is 30.9 Å². The van der Waals surface area contributed by atoms with Crippen molar-refractivity contribution in [2.24, 2.45) is 0 Å². The molecule has 0 unspecified atom stereocenters. The molecule has 8 nitrogen and oxygen atoms in total. The minimum absolute atomic E-state index is 0.119. The molecule has 4 amide bonds. The maximum absolute atomic E-state index is 12.0. The van der Waals surface area contributed by atoms with Gasteiger partial charge in [0.1, 0.15) is 5.76 Å². The number of hydrogen-bond donors (Lipinski definition) is 4. The van der Waals surface area contributed by atoms with Gasteiger partial charge in [-0.05, 0) is 43.3 Å². The van der Waals surface area contributed by atoms with Crippen LogP contribution in [0.2, 0.25) is 0 Å². The van der Waals surface area contributed by atoms with Crippen molar-refractivity contribution in [1.82, 2.24) is 10.6 Å². The molecular formula is C19H22N4O4. The summed E-state index contributed by atoms with van der Waals surface area (Å²) in [7, 11) is 0. The first-order chi connectivity index (χ1) is 13.1. The molecule has 1 aromatic carbocycles. The smallest absolute Gasteiger partial charge is 0.319 e. The Morgan fingerprint density at radius 3 is 2.52 bits per heavy atom. The van der Waals surface area contributed by atoms with E-state index < -0.39 is 0 Å². The lowest BCUT2D eigenvalue weighted by Gasteiger charge is -2.09. The van der Waals surface area contributed by atoms with E-state index in [1.54, 1.807) is 42.5 Å². The van der Waals surface area contributed by atoms with Crippen molar-refractivity contribution < 1.29 is 18.8 Å². The molecule has 0 radical (unpaired) electrons. The summed E-state index contributed by atoms with van der Waals surface area (Å²) >= 11 is 0. The number of amides is 4. The van der Waals surface area contributed by atoms with Crippen molar-refractivity contribution in [2.75, 3.05) is 23.7 Å². The van der Waals surface area contributed by atoms with E-state index in [9.17, 15) is 14.4 Å². The Labute approximate surface area is 157 Å². The molecular weight excluding hydrogens is 348 g/mol. The van der Waals surface area contributed by atoms with E-state index in [1.807, 2.05) is 6.92 Å². The van der Waals surface area contributed by atoms with Gasteiger partial charge < -0.3 is 25.7 Å². The predicted molar refractivity (Wildman–Crippen MR) is 103 cm³/mol. The number of rotatable bonds is 8. The molecule has 27 heavy (non-hydrogen) atoms. The van der Waals surface area contributed by atoms with Crippen molar-refractivity contribution in [2.45, 2.75) is 13.3 Å². The van der Waals surface area contributed by atoms with Crippen LogP contribution in [0.15, 0.2) is 53.2 Å². The van der Waals surface area contributed by atoms with E-state index in [-0.39, 0.29) is 30.8 Å².